The molecule has 2 fully saturated rings. The first-order valence-electron chi connectivity index (χ1n) is 9.49. The topological polar surface area (TPSA) is 49.8 Å². The van der Waals surface area contributed by atoms with Crippen LogP contribution in [0.4, 0.5) is 4.79 Å². The number of nitrogens with zero attached hydrogens (tertiary/aromatic N) is 1. The van der Waals surface area contributed by atoms with Gasteiger partial charge in [-0.05, 0) is 47.9 Å². The van der Waals surface area contributed by atoms with Crippen molar-refractivity contribution in [1.82, 2.24) is 4.90 Å². The predicted molar refractivity (Wildman–Crippen MR) is 99.0 cm³/mol. The van der Waals surface area contributed by atoms with Crippen molar-refractivity contribution < 1.29 is 14.6 Å². The zero-order valence-corrected chi connectivity index (χ0v) is 14.7. The number of amides is 1. The molecule has 0 atom stereocenters. The molecular weight excluding hydrogens is 326 g/mol. The van der Waals surface area contributed by atoms with E-state index in [-0.39, 0.29) is 30.2 Å². The fourth-order valence-corrected chi connectivity index (χ4v) is 5.27. The van der Waals surface area contributed by atoms with Gasteiger partial charge in [0.1, 0.15) is 6.61 Å². The third-order valence-corrected chi connectivity index (χ3v) is 6.59. The second-order valence-corrected chi connectivity index (χ2v) is 7.79. The average Bonchev–Trinajstić information content (AvgIpc) is 3.34. The van der Waals surface area contributed by atoms with Crippen molar-refractivity contribution in [1.29, 1.82) is 0 Å². The SMILES string of the molecule is O=C(OCC1c2ccccc2-c2ccccc21)N1C2CCC1(CO)CC2. The van der Waals surface area contributed by atoms with Crippen LogP contribution < -0.4 is 0 Å². The molecule has 0 saturated carbocycles. The van der Waals surface area contributed by atoms with E-state index in [9.17, 15) is 9.90 Å². The second kappa shape index (κ2) is 5.85. The summed E-state index contributed by atoms with van der Waals surface area (Å²) < 4.78 is 5.81. The Kier molecular flexibility index (Phi) is 3.57. The Morgan fingerprint density at radius 3 is 2.19 bits per heavy atom. The highest BCUT2D eigenvalue weighted by atomic mass is 16.6. The molecule has 4 heteroatoms. The minimum atomic E-state index is -0.382. The number of carbonyl (C=O) groups excluding carboxylic acids is 1. The molecule has 2 aromatic rings. The highest BCUT2D eigenvalue weighted by molar-refractivity contribution is 5.79. The van der Waals surface area contributed by atoms with Gasteiger partial charge < -0.3 is 9.84 Å². The van der Waals surface area contributed by atoms with Crippen molar-refractivity contribution in [2.75, 3.05) is 13.2 Å². The summed E-state index contributed by atoms with van der Waals surface area (Å²) in [4.78, 5) is 14.7. The second-order valence-electron chi connectivity index (χ2n) is 7.79. The molecule has 0 radical (unpaired) electrons. The van der Waals surface area contributed by atoms with Gasteiger partial charge in [-0.25, -0.2) is 4.79 Å². The number of hydrogen-bond donors (Lipinski definition) is 1. The van der Waals surface area contributed by atoms with Gasteiger partial charge >= 0.3 is 6.09 Å². The zero-order chi connectivity index (χ0) is 17.7. The Morgan fingerprint density at radius 1 is 1.04 bits per heavy atom. The lowest BCUT2D eigenvalue weighted by Gasteiger charge is -2.32. The monoisotopic (exact) mass is 349 g/mol. The molecule has 2 saturated heterocycles. The van der Waals surface area contributed by atoms with Crippen LogP contribution in [0.1, 0.15) is 42.7 Å². The van der Waals surface area contributed by atoms with E-state index in [1.807, 2.05) is 17.0 Å². The average molecular weight is 349 g/mol. The van der Waals surface area contributed by atoms with Crippen molar-refractivity contribution in [3.8, 4) is 11.1 Å². The van der Waals surface area contributed by atoms with Crippen LogP contribution in [0.5, 0.6) is 0 Å². The van der Waals surface area contributed by atoms with Crippen molar-refractivity contribution in [2.24, 2.45) is 0 Å². The smallest absolute Gasteiger partial charge is 0.410 e. The third-order valence-electron chi connectivity index (χ3n) is 6.59. The molecule has 0 spiro atoms. The van der Waals surface area contributed by atoms with E-state index in [0.29, 0.717) is 6.61 Å². The molecule has 2 aliphatic heterocycles. The number of fused-ring (bicyclic) bond motifs is 5. The molecule has 5 rings (SSSR count). The number of carbonyl (C=O) groups is 1. The van der Waals surface area contributed by atoms with Crippen molar-refractivity contribution >= 4 is 6.09 Å². The molecule has 3 aliphatic rings. The van der Waals surface area contributed by atoms with E-state index in [0.717, 1.165) is 25.7 Å². The Balaban J connectivity index is 1.38. The molecule has 0 aromatic heterocycles. The number of rotatable bonds is 3. The summed E-state index contributed by atoms with van der Waals surface area (Å²) in [7, 11) is 0. The number of ether oxygens (including phenoxy) is 1. The number of benzene rings is 2. The normalized spacial score (nSPS) is 26.0. The molecule has 2 aromatic carbocycles. The van der Waals surface area contributed by atoms with Gasteiger partial charge in [0.2, 0.25) is 0 Å². The molecule has 26 heavy (non-hydrogen) atoms. The quantitative estimate of drug-likeness (QED) is 0.913. The van der Waals surface area contributed by atoms with Crippen LogP contribution >= 0.6 is 0 Å². The van der Waals surface area contributed by atoms with Gasteiger partial charge in [-0.2, -0.15) is 0 Å². The standard InChI is InChI=1S/C22H23NO3/c24-14-22-11-9-15(10-12-22)23(22)21(25)26-13-20-18-7-3-1-5-16(18)17-6-2-4-8-19(17)20/h1-8,15,20,24H,9-14H2. The number of hydrogen-bond acceptors (Lipinski definition) is 3. The molecule has 1 aliphatic carbocycles. The number of aliphatic hydroxyl groups excluding tert-OH is 1. The Bertz CT molecular complexity index is 808. The Hall–Kier alpha value is -2.33. The van der Waals surface area contributed by atoms with Gasteiger partial charge in [0, 0.05) is 12.0 Å². The van der Waals surface area contributed by atoms with Crippen LogP contribution in [0.25, 0.3) is 11.1 Å². The van der Waals surface area contributed by atoms with Crippen LogP contribution in [0.2, 0.25) is 0 Å². The van der Waals surface area contributed by atoms with Crippen molar-refractivity contribution in [2.45, 2.75) is 43.2 Å². The maximum Gasteiger partial charge on any atom is 0.410 e. The largest absolute Gasteiger partial charge is 0.448 e. The lowest BCUT2D eigenvalue weighted by atomic mass is 9.89. The summed E-state index contributed by atoms with van der Waals surface area (Å²) in [5, 5.41) is 9.85. The summed E-state index contributed by atoms with van der Waals surface area (Å²) in [6.45, 7) is 0.380. The fourth-order valence-electron chi connectivity index (χ4n) is 5.27. The molecule has 134 valence electrons. The van der Waals surface area contributed by atoms with Gasteiger partial charge in [0.25, 0.3) is 0 Å². The van der Waals surface area contributed by atoms with Gasteiger partial charge in [-0.1, -0.05) is 48.5 Å². The molecule has 1 N–H and O–H groups in total. The van der Waals surface area contributed by atoms with Gasteiger partial charge in [-0.3, -0.25) is 4.90 Å². The first-order valence-corrected chi connectivity index (χ1v) is 9.49. The minimum absolute atomic E-state index is 0.0354. The first-order chi connectivity index (χ1) is 12.7. The van der Waals surface area contributed by atoms with Crippen molar-refractivity contribution in [3.05, 3.63) is 59.7 Å². The van der Waals surface area contributed by atoms with Crippen LogP contribution in [0.15, 0.2) is 48.5 Å². The van der Waals surface area contributed by atoms with Crippen LogP contribution in [0, 0.1) is 0 Å². The Morgan fingerprint density at radius 2 is 1.62 bits per heavy atom. The van der Waals surface area contributed by atoms with E-state index in [1.165, 1.54) is 22.3 Å². The fraction of sp³-hybridized carbons (Fsp3) is 0.409. The highest BCUT2D eigenvalue weighted by Gasteiger charge is 2.54. The van der Waals surface area contributed by atoms with E-state index in [1.54, 1.807) is 0 Å². The maximum absolute atomic E-state index is 12.8. The van der Waals surface area contributed by atoms with Gasteiger partial charge in [0.15, 0.2) is 0 Å². The molecule has 0 unspecified atom stereocenters. The molecule has 4 nitrogen and oxygen atoms in total. The first kappa shape index (κ1) is 15.9. The molecule has 2 bridgehead atoms. The lowest BCUT2D eigenvalue weighted by molar-refractivity contribution is 0.0473. The molecule has 1 amide bonds. The van der Waals surface area contributed by atoms with E-state index >= 15 is 0 Å². The highest BCUT2D eigenvalue weighted by Crippen LogP contribution is 2.47. The van der Waals surface area contributed by atoms with E-state index in [4.69, 9.17) is 4.74 Å². The van der Waals surface area contributed by atoms with Crippen molar-refractivity contribution in [3.63, 3.8) is 0 Å². The number of aliphatic hydroxyl groups is 1. The summed E-state index contributed by atoms with van der Waals surface area (Å²) in [5.41, 5.74) is 4.53. The van der Waals surface area contributed by atoms with Crippen LogP contribution in [-0.4, -0.2) is 40.9 Å². The lowest BCUT2D eigenvalue weighted by Crippen LogP contribution is -2.48. The summed E-state index contributed by atoms with van der Waals surface area (Å²) >= 11 is 0. The van der Waals surface area contributed by atoms with Crippen LogP contribution in [-0.2, 0) is 4.74 Å². The van der Waals surface area contributed by atoms with Crippen LogP contribution in [0.3, 0.4) is 0 Å². The zero-order valence-electron chi connectivity index (χ0n) is 14.7. The predicted octanol–water partition coefficient (Wildman–Crippen LogP) is 3.92. The Labute approximate surface area is 153 Å². The van der Waals surface area contributed by atoms with E-state index < -0.39 is 0 Å². The molecular formula is C22H23NO3. The minimum Gasteiger partial charge on any atom is -0.448 e. The maximum atomic E-state index is 12.8. The summed E-state index contributed by atoms with van der Waals surface area (Å²) in [5.74, 6) is 0.0803. The summed E-state index contributed by atoms with van der Waals surface area (Å²) in [6, 6.07) is 17.0. The summed E-state index contributed by atoms with van der Waals surface area (Å²) in [6.07, 6.45) is 3.47. The van der Waals surface area contributed by atoms with Gasteiger partial charge in [0.05, 0.1) is 12.1 Å². The molecule has 2 heterocycles. The van der Waals surface area contributed by atoms with E-state index in [2.05, 4.69) is 36.4 Å². The van der Waals surface area contributed by atoms with Gasteiger partial charge in [-0.15, -0.1) is 0 Å². The third kappa shape index (κ3) is 2.15.